The van der Waals surface area contributed by atoms with E-state index in [0.29, 0.717) is 17.7 Å². The lowest BCUT2D eigenvalue weighted by atomic mass is 9.96. The predicted molar refractivity (Wildman–Crippen MR) is 141 cm³/mol. The standard InChI is InChI=1S/C15H10O7.C15H12O2/c16-7-4-10(19)12-11(5-7)22-15(14(21)13(12)20)6-1-2-8(17)9(18)3-6;16-13-10-15(11-6-2-1-3-7-11)17-14-9-5-4-8-12(13)14/h1-5,16-19,21H;1-9,15H,10H2. The van der Waals surface area contributed by atoms with Crippen molar-refractivity contribution in [1.82, 2.24) is 0 Å². The third kappa shape index (κ3) is 4.93. The van der Waals surface area contributed by atoms with Crippen molar-refractivity contribution in [3.05, 3.63) is 106 Å². The number of phenols is 4. The summed E-state index contributed by atoms with van der Waals surface area (Å²) in [6.45, 7) is 0. The zero-order valence-electron chi connectivity index (χ0n) is 20.2. The van der Waals surface area contributed by atoms with Crippen molar-refractivity contribution in [2.45, 2.75) is 12.5 Å². The Kier molecular flexibility index (Phi) is 6.56. The van der Waals surface area contributed by atoms with Gasteiger partial charge in [0, 0.05) is 17.7 Å². The number of carbonyl (C=O) groups excluding carboxylic acids is 1. The van der Waals surface area contributed by atoms with Crippen molar-refractivity contribution in [2.75, 3.05) is 0 Å². The lowest BCUT2D eigenvalue weighted by molar-refractivity contribution is 0.0850. The highest BCUT2D eigenvalue weighted by Crippen LogP contribution is 2.38. The van der Waals surface area contributed by atoms with Gasteiger partial charge < -0.3 is 34.7 Å². The second-order valence-corrected chi connectivity index (χ2v) is 8.79. The Morgan fingerprint density at radius 2 is 1.44 bits per heavy atom. The Morgan fingerprint density at radius 3 is 2.18 bits per heavy atom. The molecule has 0 spiro atoms. The molecular formula is C30H22O9. The van der Waals surface area contributed by atoms with E-state index in [1.807, 2.05) is 54.6 Å². The van der Waals surface area contributed by atoms with Gasteiger partial charge in [-0.05, 0) is 35.9 Å². The Morgan fingerprint density at radius 1 is 0.718 bits per heavy atom. The first-order valence-electron chi connectivity index (χ1n) is 11.8. The number of ketones is 1. The first kappa shape index (κ1) is 25.2. The highest BCUT2D eigenvalue weighted by atomic mass is 16.5. The van der Waals surface area contributed by atoms with Crippen LogP contribution in [0.25, 0.3) is 22.3 Å². The number of hydrogen-bond donors (Lipinski definition) is 5. The van der Waals surface area contributed by atoms with Gasteiger partial charge in [0.1, 0.15) is 34.3 Å². The summed E-state index contributed by atoms with van der Waals surface area (Å²) in [5.41, 5.74) is 0.855. The molecule has 0 bridgehead atoms. The first-order chi connectivity index (χ1) is 18.7. The van der Waals surface area contributed by atoms with Crippen LogP contribution in [0.1, 0.15) is 28.4 Å². The van der Waals surface area contributed by atoms with Crippen LogP contribution in [0.3, 0.4) is 0 Å². The zero-order chi connectivity index (χ0) is 27.7. The van der Waals surface area contributed by atoms with Crippen LogP contribution in [0.2, 0.25) is 0 Å². The van der Waals surface area contributed by atoms with Gasteiger partial charge in [0.15, 0.2) is 23.0 Å². The van der Waals surface area contributed by atoms with Crippen molar-refractivity contribution in [3.63, 3.8) is 0 Å². The highest BCUT2D eigenvalue weighted by Gasteiger charge is 2.27. The molecule has 1 aliphatic rings. The van der Waals surface area contributed by atoms with E-state index in [9.17, 15) is 35.1 Å². The largest absolute Gasteiger partial charge is 0.508 e. The third-order valence-corrected chi connectivity index (χ3v) is 6.17. The summed E-state index contributed by atoms with van der Waals surface area (Å²) in [6, 6.07) is 22.9. The van der Waals surface area contributed by atoms with E-state index in [4.69, 9.17) is 9.15 Å². The van der Waals surface area contributed by atoms with E-state index in [1.165, 1.54) is 6.07 Å². The number of ether oxygens (including phenoxy) is 1. The van der Waals surface area contributed by atoms with Crippen LogP contribution in [-0.2, 0) is 0 Å². The Balaban J connectivity index is 0.000000163. The van der Waals surface area contributed by atoms with E-state index >= 15 is 0 Å². The number of phenolic OH excluding ortho intramolecular Hbond substituents is 4. The van der Waals surface area contributed by atoms with Gasteiger partial charge in [-0.25, -0.2) is 0 Å². The van der Waals surface area contributed by atoms with Crippen molar-refractivity contribution in [1.29, 1.82) is 0 Å². The fourth-order valence-corrected chi connectivity index (χ4v) is 4.26. The van der Waals surface area contributed by atoms with Gasteiger partial charge in [-0.3, -0.25) is 9.59 Å². The molecule has 0 aliphatic carbocycles. The number of benzene rings is 4. The highest BCUT2D eigenvalue weighted by molar-refractivity contribution is 6.00. The SMILES string of the molecule is O=C1CC(c2ccccc2)Oc2ccccc21.O=c1c(O)c(-c2ccc(O)c(O)c2)oc2cc(O)cc(O)c12. The summed E-state index contributed by atoms with van der Waals surface area (Å²) in [4.78, 5) is 24.1. The Hall–Kier alpha value is -5.44. The van der Waals surface area contributed by atoms with E-state index in [2.05, 4.69) is 0 Å². The van der Waals surface area contributed by atoms with Crippen LogP contribution in [0.15, 0.2) is 94.1 Å². The van der Waals surface area contributed by atoms with Gasteiger partial charge in [-0.1, -0.05) is 42.5 Å². The predicted octanol–water partition coefficient (Wildman–Crippen LogP) is 5.38. The van der Waals surface area contributed by atoms with Crippen molar-refractivity contribution >= 4 is 16.8 Å². The van der Waals surface area contributed by atoms with Gasteiger partial charge in [-0.2, -0.15) is 0 Å². The molecule has 1 aromatic heterocycles. The molecule has 1 atom stereocenters. The molecule has 9 heteroatoms. The average Bonchev–Trinajstić information content (AvgIpc) is 2.93. The maximum Gasteiger partial charge on any atom is 0.238 e. The molecule has 5 N–H and O–H groups in total. The van der Waals surface area contributed by atoms with Gasteiger partial charge in [0.25, 0.3) is 0 Å². The Bertz CT molecular complexity index is 1760. The summed E-state index contributed by atoms with van der Waals surface area (Å²) < 4.78 is 11.2. The minimum atomic E-state index is -0.888. The molecule has 1 unspecified atom stereocenters. The summed E-state index contributed by atoms with van der Waals surface area (Å²) in [5.74, 6) is -1.87. The molecule has 0 amide bonds. The molecule has 196 valence electrons. The van der Waals surface area contributed by atoms with Gasteiger partial charge >= 0.3 is 0 Å². The zero-order valence-corrected chi connectivity index (χ0v) is 20.2. The second kappa shape index (κ2) is 10.1. The number of para-hydroxylation sites is 1. The fourth-order valence-electron chi connectivity index (χ4n) is 4.26. The van der Waals surface area contributed by atoms with Gasteiger partial charge in [0.2, 0.25) is 11.2 Å². The second-order valence-electron chi connectivity index (χ2n) is 8.79. The van der Waals surface area contributed by atoms with Crippen LogP contribution in [-0.4, -0.2) is 31.3 Å². The van der Waals surface area contributed by atoms with Crippen molar-refractivity contribution in [3.8, 4) is 45.8 Å². The van der Waals surface area contributed by atoms with Crippen LogP contribution < -0.4 is 10.2 Å². The van der Waals surface area contributed by atoms with E-state index in [0.717, 1.165) is 29.8 Å². The molecule has 0 fully saturated rings. The Labute approximate surface area is 221 Å². The molecule has 1 aliphatic heterocycles. The minimum Gasteiger partial charge on any atom is -0.508 e. The summed E-state index contributed by atoms with van der Waals surface area (Å²) in [5, 5.41) is 47.6. The number of carbonyl (C=O) groups is 1. The number of Topliss-reactive ketones (excluding diaryl/α,β-unsaturated/α-hetero) is 1. The molecule has 0 saturated heterocycles. The smallest absolute Gasteiger partial charge is 0.238 e. The molecular weight excluding hydrogens is 504 g/mol. The van der Waals surface area contributed by atoms with E-state index < -0.39 is 22.7 Å². The number of rotatable bonds is 2. The van der Waals surface area contributed by atoms with E-state index in [1.54, 1.807) is 0 Å². The fraction of sp³-hybridized carbons (Fsp3) is 0.0667. The van der Waals surface area contributed by atoms with Gasteiger partial charge in [-0.15, -0.1) is 0 Å². The van der Waals surface area contributed by atoms with Crippen LogP contribution in [0, 0.1) is 0 Å². The topological polar surface area (TPSA) is 158 Å². The molecule has 9 nitrogen and oxygen atoms in total. The molecule has 2 heterocycles. The average molecular weight is 526 g/mol. The quantitative estimate of drug-likeness (QED) is 0.190. The summed E-state index contributed by atoms with van der Waals surface area (Å²) in [7, 11) is 0. The lowest BCUT2D eigenvalue weighted by Gasteiger charge is -2.25. The van der Waals surface area contributed by atoms with E-state index in [-0.39, 0.29) is 45.7 Å². The summed E-state index contributed by atoms with van der Waals surface area (Å²) >= 11 is 0. The molecule has 6 rings (SSSR count). The molecule has 0 saturated carbocycles. The third-order valence-electron chi connectivity index (χ3n) is 6.17. The van der Waals surface area contributed by atoms with Crippen molar-refractivity contribution < 1.29 is 39.5 Å². The van der Waals surface area contributed by atoms with Crippen LogP contribution in [0.4, 0.5) is 0 Å². The molecule has 39 heavy (non-hydrogen) atoms. The first-order valence-corrected chi connectivity index (χ1v) is 11.8. The number of aromatic hydroxyl groups is 5. The van der Waals surface area contributed by atoms with Crippen LogP contribution in [0.5, 0.6) is 34.5 Å². The monoisotopic (exact) mass is 526 g/mol. The maximum absolute atomic E-state index is 12.1. The molecule has 5 aromatic rings. The molecule has 4 aromatic carbocycles. The lowest BCUT2D eigenvalue weighted by Crippen LogP contribution is -2.20. The van der Waals surface area contributed by atoms with Gasteiger partial charge in [0.05, 0.1) is 12.0 Å². The number of fused-ring (bicyclic) bond motifs is 2. The number of hydrogen-bond acceptors (Lipinski definition) is 9. The molecule has 0 radical (unpaired) electrons. The minimum absolute atomic E-state index is 0.134. The van der Waals surface area contributed by atoms with Crippen LogP contribution >= 0.6 is 0 Å². The maximum atomic E-state index is 12.1. The van der Waals surface area contributed by atoms with Crippen molar-refractivity contribution in [2.24, 2.45) is 0 Å². The normalized spacial score (nSPS) is 14.2. The summed E-state index contributed by atoms with van der Waals surface area (Å²) in [6.07, 6.45) is 0.264.